The number of aliphatic hydroxyl groups excluding tert-OH is 1. The Morgan fingerprint density at radius 2 is 2.05 bits per heavy atom. The van der Waals surface area contributed by atoms with Gasteiger partial charge in [-0.3, -0.25) is 0 Å². The van der Waals surface area contributed by atoms with Gasteiger partial charge >= 0.3 is 0 Å². The van der Waals surface area contributed by atoms with E-state index in [1.807, 2.05) is 0 Å². The lowest BCUT2D eigenvalue weighted by Gasteiger charge is -2.42. The second-order valence-electron chi connectivity index (χ2n) is 6.47. The van der Waals surface area contributed by atoms with Crippen LogP contribution in [0.2, 0.25) is 0 Å². The highest BCUT2D eigenvalue weighted by molar-refractivity contribution is 5.30. The first-order valence-corrected chi connectivity index (χ1v) is 7.17. The van der Waals surface area contributed by atoms with Crippen LogP contribution in [0, 0.1) is 17.2 Å². The molecule has 2 saturated carbocycles. The smallest absolute Gasteiger partial charge is 0.130 e. The molecule has 2 fully saturated rings. The summed E-state index contributed by atoms with van der Waals surface area (Å²) in [6.07, 6.45) is 4.58. The van der Waals surface area contributed by atoms with Gasteiger partial charge in [0.25, 0.3) is 0 Å². The molecule has 104 valence electrons. The second kappa shape index (κ2) is 4.48. The fourth-order valence-electron chi connectivity index (χ4n) is 4.12. The average molecular weight is 264 g/mol. The number of fused-ring (bicyclic) bond motifs is 1. The van der Waals surface area contributed by atoms with E-state index in [0.717, 1.165) is 37.7 Å². The van der Waals surface area contributed by atoms with Crippen molar-refractivity contribution in [1.29, 1.82) is 0 Å². The highest BCUT2D eigenvalue weighted by atomic mass is 19.1. The standard InChI is InChI=1S/C16H21FO2/c1-16-7-6-10(8-11(16)2-5-15(16)19)13-4-3-12(18)9-14(13)17/h3-4,9-11,15,18-19H,2,5-8H2,1H3/t10-,11-,15-,16-/m0/s1. The lowest BCUT2D eigenvalue weighted by molar-refractivity contribution is 0.00845. The van der Waals surface area contributed by atoms with E-state index >= 15 is 0 Å². The minimum absolute atomic E-state index is 0.0156. The Hall–Kier alpha value is -1.09. The number of hydrogen-bond donors (Lipinski definition) is 2. The van der Waals surface area contributed by atoms with E-state index in [0.29, 0.717) is 5.92 Å². The summed E-state index contributed by atoms with van der Waals surface area (Å²) < 4.78 is 13.9. The van der Waals surface area contributed by atoms with Crippen molar-refractivity contribution in [2.24, 2.45) is 11.3 Å². The van der Waals surface area contributed by atoms with Gasteiger partial charge in [-0.2, -0.15) is 0 Å². The lowest BCUT2D eigenvalue weighted by atomic mass is 9.64. The van der Waals surface area contributed by atoms with Gasteiger partial charge in [0, 0.05) is 6.07 Å². The largest absolute Gasteiger partial charge is 0.508 e. The number of aromatic hydroxyl groups is 1. The Kier molecular flexibility index (Phi) is 3.05. The Morgan fingerprint density at radius 3 is 2.79 bits per heavy atom. The number of rotatable bonds is 1. The second-order valence-corrected chi connectivity index (χ2v) is 6.47. The van der Waals surface area contributed by atoms with E-state index in [4.69, 9.17) is 0 Å². The molecule has 0 radical (unpaired) electrons. The molecule has 0 amide bonds. The molecule has 3 rings (SSSR count). The number of halogens is 1. The number of benzene rings is 1. The zero-order chi connectivity index (χ0) is 13.6. The van der Waals surface area contributed by atoms with Gasteiger partial charge in [-0.25, -0.2) is 4.39 Å². The third kappa shape index (κ3) is 2.04. The highest BCUT2D eigenvalue weighted by Gasteiger charge is 2.49. The predicted molar refractivity (Wildman–Crippen MR) is 71.5 cm³/mol. The van der Waals surface area contributed by atoms with E-state index in [9.17, 15) is 14.6 Å². The molecular weight excluding hydrogens is 243 g/mol. The van der Waals surface area contributed by atoms with Crippen LogP contribution in [-0.2, 0) is 0 Å². The minimum atomic E-state index is -0.299. The van der Waals surface area contributed by atoms with Gasteiger partial charge in [0.2, 0.25) is 0 Å². The Balaban J connectivity index is 1.82. The molecule has 2 aliphatic carbocycles. The van der Waals surface area contributed by atoms with Crippen LogP contribution < -0.4 is 0 Å². The predicted octanol–water partition coefficient (Wildman–Crippen LogP) is 3.58. The van der Waals surface area contributed by atoms with Crippen LogP contribution in [0.15, 0.2) is 18.2 Å². The van der Waals surface area contributed by atoms with Gasteiger partial charge in [-0.05, 0) is 61.0 Å². The summed E-state index contributed by atoms with van der Waals surface area (Å²) in [5.74, 6) is 0.406. The summed E-state index contributed by atoms with van der Waals surface area (Å²) in [4.78, 5) is 0. The molecule has 2 aliphatic rings. The summed E-state index contributed by atoms with van der Waals surface area (Å²) in [5, 5.41) is 19.4. The van der Waals surface area contributed by atoms with E-state index in [1.54, 1.807) is 12.1 Å². The first-order valence-electron chi connectivity index (χ1n) is 7.17. The van der Waals surface area contributed by atoms with Gasteiger partial charge < -0.3 is 10.2 Å². The Morgan fingerprint density at radius 1 is 1.26 bits per heavy atom. The molecule has 2 nitrogen and oxygen atoms in total. The quantitative estimate of drug-likeness (QED) is 0.814. The van der Waals surface area contributed by atoms with Gasteiger partial charge in [0.05, 0.1) is 6.10 Å². The van der Waals surface area contributed by atoms with Crippen molar-refractivity contribution in [3.8, 4) is 5.75 Å². The number of phenolic OH excluding ortho intramolecular Hbond substituents is 1. The van der Waals surface area contributed by atoms with Crippen LogP contribution in [-0.4, -0.2) is 16.3 Å². The molecule has 0 saturated heterocycles. The third-order valence-electron chi connectivity index (χ3n) is 5.51. The number of hydrogen-bond acceptors (Lipinski definition) is 2. The van der Waals surface area contributed by atoms with Gasteiger partial charge in [0.15, 0.2) is 0 Å². The molecule has 0 aromatic heterocycles. The van der Waals surface area contributed by atoms with E-state index < -0.39 is 0 Å². The number of aliphatic hydroxyl groups is 1. The Labute approximate surface area is 113 Å². The van der Waals surface area contributed by atoms with E-state index in [1.165, 1.54) is 6.07 Å². The summed E-state index contributed by atoms with van der Waals surface area (Å²) in [6, 6.07) is 4.48. The Bertz CT molecular complexity index is 488. The van der Waals surface area contributed by atoms with Gasteiger partial charge in [0.1, 0.15) is 11.6 Å². The van der Waals surface area contributed by atoms with Gasteiger partial charge in [-0.15, -0.1) is 0 Å². The maximum absolute atomic E-state index is 13.9. The zero-order valence-corrected chi connectivity index (χ0v) is 11.3. The molecule has 19 heavy (non-hydrogen) atoms. The highest BCUT2D eigenvalue weighted by Crippen LogP contribution is 2.55. The summed E-state index contributed by atoms with van der Waals surface area (Å²) >= 11 is 0. The molecule has 0 bridgehead atoms. The van der Waals surface area contributed by atoms with Crippen LogP contribution in [0.3, 0.4) is 0 Å². The monoisotopic (exact) mass is 264 g/mol. The topological polar surface area (TPSA) is 40.5 Å². The van der Waals surface area contributed by atoms with E-state index in [2.05, 4.69) is 6.92 Å². The summed E-state index contributed by atoms with van der Waals surface area (Å²) in [6.45, 7) is 2.18. The maximum atomic E-state index is 13.9. The third-order valence-corrected chi connectivity index (χ3v) is 5.51. The van der Waals surface area contributed by atoms with Crippen LogP contribution in [0.4, 0.5) is 4.39 Å². The zero-order valence-electron chi connectivity index (χ0n) is 11.3. The first-order chi connectivity index (χ1) is 9.00. The average Bonchev–Trinajstić information content (AvgIpc) is 2.66. The molecule has 1 aromatic rings. The molecular formula is C16H21FO2. The lowest BCUT2D eigenvalue weighted by Crippen LogP contribution is -2.37. The summed E-state index contributed by atoms with van der Waals surface area (Å²) in [5.41, 5.74) is 0.755. The first kappa shape index (κ1) is 12.9. The minimum Gasteiger partial charge on any atom is -0.508 e. The van der Waals surface area contributed by atoms with Crippen molar-refractivity contribution in [2.45, 2.75) is 51.0 Å². The van der Waals surface area contributed by atoms with Crippen LogP contribution in [0.5, 0.6) is 5.75 Å². The van der Waals surface area contributed by atoms with Crippen LogP contribution in [0.25, 0.3) is 0 Å². The maximum Gasteiger partial charge on any atom is 0.130 e. The van der Waals surface area contributed by atoms with Crippen LogP contribution in [0.1, 0.15) is 50.5 Å². The van der Waals surface area contributed by atoms with Crippen molar-refractivity contribution >= 4 is 0 Å². The molecule has 0 spiro atoms. The molecule has 1 aromatic carbocycles. The molecule has 2 N–H and O–H groups in total. The number of phenols is 1. The van der Waals surface area contributed by atoms with Crippen LogP contribution >= 0.6 is 0 Å². The molecule has 0 aliphatic heterocycles. The SMILES string of the molecule is C[C@]12CC[C@H](c3ccc(O)cc3F)C[C@@H]1CC[C@@H]2O. The molecule has 0 unspecified atom stereocenters. The molecule has 0 heterocycles. The van der Waals surface area contributed by atoms with Crippen molar-refractivity contribution < 1.29 is 14.6 Å². The van der Waals surface area contributed by atoms with Crippen molar-refractivity contribution in [3.05, 3.63) is 29.6 Å². The summed E-state index contributed by atoms with van der Waals surface area (Å²) in [7, 11) is 0. The molecule has 4 atom stereocenters. The van der Waals surface area contributed by atoms with Gasteiger partial charge in [-0.1, -0.05) is 13.0 Å². The fourth-order valence-corrected chi connectivity index (χ4v) is 4.12. The fraction of sp³-hybridized carbons (Fsp3) is 0.625. The van der Waals surface area contributed by atoms with E-state index in [-0.39, 0.29) is 29.0 Å². The van der Waals surface area contributed by atoms with Crippen molar-refractivity contribution in [1.82, 2.24) is 0 Å². The normalized spacial score (nSPS) is 38.2. The molecule has 3 heteroatoms. The van der Waals surface area contributed by atoms with Crippen molar-refractivity contribution in [2.75, 3.05) is 0 Å². The van der Waals surface area contributed by atoms with Crippen molar-refractivity contribution in [3.63, 3.8) is 0 Å².